The third-order valence-corrected chi connectivity index (χ3v) is 13.3. The number of hydrogen-bond donors (Lipinski definition) is 4. The minimum atomic E-state index is -0.997. The van der Waals surface area contributed by atoms with E-state index in [2.05, 4.69) is 71.2 Å². The molecule has 3 aromatic carbocycles. The molecule has 6 heterocycles. The Bertz CT molecular complexity index is 2360. The van der Waals surface area contributed by atoms with Crippen LogP contribution in [-0.4, -0.2) is 105 Å². The monoisotopic (exact) mass is 861 g/mol. The largest absolute Gasteiger partial charge is 0.436 e. The van der Waals surface area contributed by atoms with Gasteiger partial charge in [0.2, 0.25) is 0 Å². The third kappa shape index (κ3) is 8.76. The van der Waals surface area contributed by atoms with Crippen molar-refractivity contribution < 1.29 is 38.1 Å². The number of carbonyl (C=O) groups excluding carboxylic acids is 4. The van der Waals surface area contributed by atoms with Crippen molar-refractivity contribution in [2.24, 2.45) is 23.3 Å². The molecule has 4 aliphatic heterocycles. The van der Waals surface area contributed by atoms with Crippen LogP contribution in [0.25, 0.3) is 22.1 Å². The number of H-pyrrole nitrogens is 2. The number of ether oxygens (including phenoxy) is 4. The number of nitrogens with two attached hydrogens (primary N) is 2. The Labute approximate surface area is 364 Å². The van der Waals surface area contributed by atoms with Gasteiger partial charge in [-0.2, -0.15) is 0 Å². The quantitative estimate of drug-likeness (QED) is 0.114. The number of imidazole rings is 2. The molecule has 0 spiro atoms. The Morgan fingerprint density at radius 2 is 1.22 bits per heavy atom. The Morgan fingerprint density at radius 3 is 1.67 bits per heavy atom. The van der Waals surface area contributed by atoms with E-state index < -0.39 is 24.4 Å². The van der Waals surface area contributed by atoms with Crippen LogP contribution in [0.2, 0.25) is 0 Å². The van der Waals surface area contributed by atoms with Gasteiger partial charge >= 0.3 is 12.2 Å². The van der Waals surface area contributed by atoms with Crippen molar-refractivity contribution in [3.63, 3.8) is 0 Å². The average Bonchev–Trinajstić information content (AvgIpc) is 4.12. The van der Waals surface area contributed by atoms with E-state index in [9.17, 15) is 19.2 Å². The fourth-order valence-corrected chi connectivity index (χ4v) is 9.90. The standard InChI is InChI=1S/C46H55N9O8/c1-26-6-3-7-36(27(26)2)53(22-28-10-12-32-34(20-28)51-41(49-32)37-8-4-16-54(37)43(56)39(62-45(47)58)30-14-18-60-24-30)23-29-11-13-33-35(21-29)52-42(50-33)38-9-5-17-55(38)44(57)40(63-46(48)59)31-15-19-61-25-31/h3,6-7,10-13,20-21,30-31,37-40H,4-5,8-9,14-19,22-25H2,1-2H3,(H2,47,58)(H2,48,59)(H,49,51)(H,50,52)/t30-,31-,37?,38?,39+,40+/m1/s1. The Kier molecular flexibility index (Phi) is 12.0. The van der Waals surface area contributed by atoms with E-state index in [1.165, 1.54) is 11.1 Å². The molecule has 0 saturated carbocycles. The first-order valence-corrected chi connectivity index (χ1v) is 22.0. The Balaban J connectivity index is 0.949. The molecule has 0 aliphatic carbocycles. The lowest BCUT2D eigenvalue weighted by molar-refractivity contribution is -0.144. The van der Waals surface area contributed by atoms with Gasteiger partial charge in [-0.3, -0.25) is 9.59 Å². The summed E-state index contributed by atoms with van der Waals surface area (Å²) in [5.74, 6) is 0.359. The molecule has 17 nitrogen and oxygen atoms in total. The molecule has 4 saturated heterocycles. The van der Waals surface area contributed by atoms with Gasteiger partial charge in [0.05, 0.1) is 47.4 Å². The molecule has 4 fully saturated rings. The first-order valence-electron chi connectivity index (χ1n) is 22.0. The van der Waals surface area contributed by atoms with Crippen LogP contribution in [0.15, 0.2) is 54.6 Å². The minimum Gasteiger partial charge on any atom is -0.436 e. The SMILES string of the molecule is Cc1cccc(N(Cc2ccc3nc(C4CCCN4C(=O)[C@@H](OC(N)=O)[C@@H]4CCOC4)[nH]c3c2)Cc2ccc3nc(C4CCCN4C(=O)[C@@H](OC(N)=O)[C@@H]4CCOC4)[nH]c3c2)c1C. The summed E-state index contributed by atoms with van der Waals surface area (Å²) in [6.07, 6.45) is 0.338. The summed E-state index contributed by atoms with van der Waals surface area (Å²) in [7, 11) is 0. The van der Waals surface area contributed by atoms with Crippen molar-refractivity contribution in [3.8, 4) is 0 Å². The topological polar surface area (TPSA) is 224 Å². The summed E-state index contributed by atoms with van der Waals surface area (Å²) >= 11 is 0. The molecular formula is C46H55N9O8. The van der Waals surface area contributed by atoms with Gasteiger partial charge in [-0.25, -0.2) is 19.6 Å². The van der Waals surface area contributed by atoms with Crippen LogP contribution in [0.4, 0.5) is 15.3 Å². The van der Waals surface area contributed by atoms with Gasteiger partial charge in [-0.15, -0.1) is 0 Å². The van der Waals surface area contributed by atoms with Gasteiger partial charge in [0.1, 0.15) is 11.6 Å². The highest BCUT2D eigenvalue weighted by Crippen LogP contribution is 2.37. The van der Waals surface area contributed by atoms with Crippen molar-refractivity contribution in [1.29, 1.82) is 0 Å². The zero-order valence-electron chi connectivity index (χ0n) is 35.7. The number of hydrogen-bond acceptors (Lipinski definition) is 11. The number of anilines is 1. The first kappa shape index (κ1) is 42.1. The summed E-state index contributed by atoms with van der Waals surface area (Å²) in [5, 5.41) is 0. The van der Waals surface area contributed by atoms with E-state index >= 15 is 0 Å². The summed E-state index contributed by atoms with van der Waals surface area (Å²) in [4.78, 5) is 74.3. The Morgan fingerprint density at radius 1 is 0.730 bits per heavy atom. The number of amides is 4. The molecule has 9 rings (SSSR count). The van der Waals surface area contributed by atoms with Crippen molar-refractivity contribution in [2.75, 3.05) is 44.4 Å². The van der Waals surface area contributed by atoms with Crippen LogP contribution in [0.3, 0.4) is 0 Å². The van der Waals surface area contributed by atoms with Crippen LogP contribution in [0, 0.1) is 25.7 Å². The van der Waals surface area contributed by atoms with E-state index in [0.29, 0.717) is 77.1 Å². The van der Waals surface area contributed by atoms with Crippen molar-refractivity contribution in [2.45, 2.75) is 89.8 Å². The molecule has 0 radical (unpaired) electrons. The highest BCUT2D eigenvalue weighted by atomic mass is 16.6. The third-order valence-electron chi connectivity index (χ3n) is 13.3. The molecule has 4 amide bonds. The number of aryl methyl sites for hydroxylation is 1. The van der Waals surface area contributed by atoms with Crippen LogP contribution in [0.1, 0.15) is 84.5 Å². The molecule has 17 heteroatoms. The van der Waals surface area contributed by atoms with E-state index in [-0.39, 0.29) is 35.7 Å². The predicted octanol–water partition coefficient (Wildman–Crippen LogP) is 5.59. The number of rotatable bonds is 13. The van der Waals surface area contributed by atoms with Crippen molar-refractivity contribution >= 4 is 51.8 Å². The summed E-state index contributed by atoms with van der Waals surface area (Å²) in [5.41, 5.74) is 19.8. The maximum Gasteiger partial charge on any atom is 0.405 e. The minimum absolute atomic E-state index is 0.244. The van der Waals surface area contributed by atoms with E-state index in [1.807, 2.05) is 12.1 Å². The molecule has 6 N–H and O–H groups in total. The number of likely N-dealkylation sites (tertiary alicyclic amines) is 2. The van der Waals surface area contributed by atoms with Crippen LogP contribution < -0.4 is 16.4 Å². The number of aromatic amines is 2. The Hall–Kier alpha value is -6.20. The number of nitrogens with one attached hydrogen (secondary N) is 2. The van der Waals surface area contributed by atoms with E-state index in [1.54, 1.807) is 9.80 Å². The first-order chi connectivity index (χ1) is 30.5. The number of nitrogens with zero attached hydrogens (tertiary/aromatic N) is 5. The zero-order valence-corrected chi connectivity index (χ0v) is 35.7. The maximum absolute atomic E-state index is 13.9. The van der Waals surface area contributed by atoms with E-state index in [4.69, 9.17) is 40.4 Å². The molecule has 332 valence electrons. The second-order valence-corrected chi connectivity index (χ2v) is 17.4. The van der Waals surface area contributed by atoms with Gasteiger partial charge in [0.25, 0.3) is 11.8 Å². The normalized spacial score (nSPS) is 22.2. The van der Waals surface area contributed by atoms with Crippen LogP contribution in [-0.2, 0) is 41.6 Å². The van der Waals surface area contributed by atoms with Gasteiger partial charge in [-0.05, 0) is 105 Å². The smallest absolute Gasteiger partial charge is 0.405 e. The molecule has 2 unspecified atom stereocenters. The lowest BCUT2D eigenvalue weighted by Gasteiger charge is -2.29. The summed E-state index contributed by atoms with van der Waals surface area (Å²) in [6.45, 7) is 8.21. The maximum atomic E-state index is 13.9. The van der Waals surface area contributed by atoms with Gasteiger partial charge < -0.3 is 55.1 Å². The van der Waals surface area contributed by atoms with Crippen molar-refractivity contribution in [1.82, 2.24) is 29.7 Å². The second kappa shape index (κ2) is 17.9. The number of carbonyl (C=O) groups is 4. The van der Waals surface area contributed by atoms with Crippen LogP contribution >= 0.6 is 0 Å². The number of fused-ring (bicyclic) bond motifs is 2. The number of benzene rings is 3. The van der Waals surface area contributed by atoms with Crippen molar-refractivity contribution in [3.05, 3.63) is 88.5 Å². The molecule has 2 aromatic heterocycles. The van der Waals surface area contributed by atoms with Gasteiger partial charge in [0.15, 0.2) is 12.2 Å². The summed E-state index contributed by atoms with van der Waals surface area (Å²) in [6, 6.07) is 18.2. The molecule has 63 heavy (non-hydrogen) atoms. The summed E-state index contributed by atoms with van der Waals surface area (Å²) < 4.78 is 21.8. The molecule has 6 atom stereocenters. The number of primary amides is 2. The molecule has 5 aromatic rings. The highest BCUT2D eigenvalue weighted by Gasteiger charge is 2.43. The molecule has 0 bridgehead atoms. The fraction of sp³-hybridized carbons (Fsp3) is 0.478. The zero-order chi connectivity index (χ0) is 43.8. The van der Waals surface area contributed by atoms with E-state index in [0.717, 1.165) is 64.6 Å². The van der Waals surface area contributed by atoms with Gasteiger partial charge in [-0.1, -0.05) is 24.3 Å². The predicted molar refractivity (Wildman–Crippen MR) is 232 cm³/mol. The average molecular weight is 862 g/mol. The lowest BCUT2D eigenvalue weighted by Crippen LogP contribution is -2.46. The fourth-order valence-electron chi connectivity index (χ4n) is 9.90. The molecule has 4 aliphatic rings. The second-order valence-electron chi connectivity index (χ2n) is 17.4. The molecular weight excluding hydrogens is 807 g/mol. The number of aromatic nitrogens is 4. The highest BCUT2D eigenvalue weighted by molar-refractivity contribution is 5.85. The lowest BCUT2D eigenvalue weighted by atomic mass is 10.00. The van der Waals surface area contributed by atoms with Gasteiger partial charge in [0, 0.05) is 56.9 Å². The van der Waals surface area contributed by atoms with Crippen LogP contribution in [0.5, 0.6) is 0 Å².